The zero-order valence-electron chi connectivity index (χ0n) is 12.4. The zero-order chi connectivity index (χ0) is 14.5. The highest BCUT2D eigenvalue weighted by Crippen LogP contribution is 2.21. The Labute approximate surface area is 125 Å². The Morgan fingerprint density at radius 2 is 2.15 bits per heavy atom. The second-order valence-electron chi connectivity index (χ2n) is 5.58. The lowest BCUT2D eigenvalue weighted by Gasteiger charge is -2.31. The molecule has 1 heterocycles. The van der Waals surface area contributed by atoms with Crippen LogP contribution in [0.4, 0.5) is 0 Å². The van der Waals surface area contributed by atoms with Gasteiger partial charge in [0.25, 0.3) is 0 Å². The molecule has 1 saturated carbocycles. The first-order valence-electron chi connectivity index (χ1n) is 7.53. The van der Waals surface area contributed by atoms with Crippen molar-refractivity contribution >= 4 is 18.1 Å². The average Bonchev–Trinajstić information content (AvgIpc) is 2.81. The van der Waals surface area contributed by atoms with E-state index in [0.29, 0.717) is 17.4 Å². The summed E-state index contributed by atoms with van der Waals surface area (Å²) in [5.74, 6) is 1.01. The molecule has 6 heteroatoms. The summed E-state index contributed by atoms with van der Waals surface area (Å²) in [6.45, 7) is 2.40. The fraction of sp³-hybridized carbons (Fsp3) is 0.786. The van der Waals surface area contributed by atoms with Crippen LogP contribution in [-0.2, 0) is 17.8 Å². The highest BCUT2D eigenvalue weighted by molar-refractivity contribution is 7.71. The number of H-pyrrole nitrogens is 1. The Hall–Kier alpha value is -1.17. The fourth-order valence-corrected chi connectivity index (χ4v) is 3.06. The minimum Gasteiger partial charge on any atom is -0.341 e. The van der Waals surface area contributed by atoms with Crippen LogP contribution >= 0.6 is 12.2 Å². The Morgan fingerprint density at radius 1 is 1.45 bits per heavy atom. The van der Waals surface area contributed by atoms with Gasteiger partial charge in [0.2, 0.25) is 5.91 Å². The number of aromatic amines is 1. The molecule has 0 aromatic carbocycles. The van der Waals surface area contributed by atoms with Crippen LogP contribution in [0.2, 0.25) is 0 Å². The molecule has 1 aliphatic carbocycles. The monoisotopic (exact) mass is 296 g/mol. The molecule has 0 atom stereocenters. The van der Waals surface area contributed by atoms with E-state index in [0.717, 1.165) is 31.5 Å². The first-order valence-corrected chi connectivity index (χ1v) is 7.94. The number of likely N-dealkylation sites (N-methyl/N-ethyl adjacent to an activating group) is 1. The van der Waals surface area contributed by atoms with E-state index in [2.05, 4.69) is 17.1 Å². The predicted octanol–water partition coefficient (Wildman–Crippen LogP) is 2.68. The molecule has 1 N–H and O–H groups in total. The van der Waals surface area contributed by atoms with E-state index in [-0.39, 0.29) is 5.91 Å². The number of rotatable bonds is 5. The molecular formula is C14H24N4OS. The van der Waals surface area contributed by atoms with Gasteiger partial charge in [0.1, 0.15) is 12.4 Å². The molecule has 1 aliphatic rings. The molecule has 1 amide bonds. The molecule has 0 spiro atoms. The van der Waals surface area contributed by atoms with Crippen LogP contribution in [0.5, 0.6) is 0 Å². The van der Waals surface area contributed by atoms with E-state index in [9.17, 15) is 4.79 Å². The lowest BCUT2D eigenvalue weighted by Crippen LogP contribution is -2.40. The normalized spacial score (nSPS) is 16.3. The van der Waals surface area contributed by atoms with Crippen molar-refractivity contribution in [3.05, 3.63) is 10.6 Å². The molecule has 0 radical (unpaired) electrons. The third-order valence-corrected chi connectivity index (χ3v) is 4.43. The maximum absolute atomic E-state index is 12.4. The van der Waals surface area contributed by atoms with Gasteiger partial charge >= 0.3 is 0 Å². The van der Waals surface area contributed by atoms with Crippen LogP contribution in [-0.4, -0.2) is 38.7 Å². The molecule has 0 saturated heterocycles. The smallest absolute Gasteiger partial charge is 0.242 e. The minimum absolute atomic E-state index is 0.131. The summed E-state index contributed by atoms with van der Waals surface area (Å²) in [7, 11) is 1.92. The number of aryl methyl sites for hydroxylation is 1. The van der Waals surface area contributed by atoms with Crippen LogP contribution in [0.3, 0.4) is 0 Å². The topological polar surface area (TPSA) is 53.9 Å². The van der Waals surface area contributed by atoms with Crippen molar-refractivity contribution in [3.8, 4) is 0 Å². The van der Waals surface area contributed by atoms with E-state index in [1.807, 2.05) is 16.5 Å². The number of aromatic nitrogens is 3. The maximum atomic E-state index is 12.4. The van der Waals surface area contributed by atoms with Gasteiger partial charge in [0.15, 0.2) is 4.77 Å². The van der Waals surface area contributed by atoms with Gasteiger partial charge in [-0.15, -0.1) is 0 Å². The highest BCUT2D eigenvalue weighted by atomic mass is 32.1. The molecule has 2 rings (SSSR count). The van der Waals surface area contributed by atoms with Crippen molar-refractivity contribution in [2.45, 2.75) is 64.5 Å². The van der Waals surface area contributed by atoms with Crippen molar-refractivity contribution < 1.29 is 4.79 Å². The number of carbonyl (C=O) groups excluding carboxylic acids is 1. The van der Waals surface area contributed by atoms with E-state index in [1.165, 1.54) is 19.3 Å². The molecule has 0 unspecified atom stereocenters. The molecule has 5 nitrogen and oxygen atoms in total. The van der Waals surface area contributed by atoms with Crippen LogP contribution in [0.1, 0.15) is 51.3 Å². The van der Waals surface area contributed by atoms with Crippen molar-refractivity contribution in [2.24, 2.45) is 0 Å². The van der Waals surface area contributed by atoms with Crippen molar-refractivity contribution in [1.29, 1.82) is 0 Å². The molecule has 1 aromatic heterocycles. The Bertz CT molecular complexity index is 502. The lowest BCUT2D eigenvalue weighted by atomic mass is 9.94. The third kappa shape index (κ3) is 3.48. The second kappa shape index (κ2) is 7.02. The number of hydrogen-bond donors (Lipinski definition) is 1. The van der Waals surface area contributed by atoms with Gasteiger partial charge in [-0.05, 0) is 31.5 Å². The molecule has 20 heavy (non-hydrogen) atoms. The number of nitrogens with zero attached hydrogens (tertiary/aromatic N) is 3. The average molecular weight is 296 g/mol. The second-order valence-corrected chi connectivity index (χ2v) is 5.96. The summed E-state index contributed by atoms with van der Waals surface area (Å²) in [6, 6.07) is 0.395. The Kier molecular flexibility index (Phi) is 5.34. The largest absolute Gasteiger partial charge is 0.341 e. The maximum Gasteiger partial charge on any atom is 0.242 e. The summed E-state index contributed by atoms with van der Waals surface area (Å²) in [6.07, 6.45) is 7.84. The van der Waals surface area contributed by atoms with Crippen LogP contribution in [0, 0.1) is 4.77 Å². The van der Waals surface area contributed by atoms with Gasteiger partial charge < -0.3 is 4.90 Å². The standard InChI is InChI=1S/C14H24N4OS/c1-3-7-12-15-16-14(20)18(12)10-13(19)17(2)11-8-5-4-6-9-11/h11H,3-10H2,1-2H3,(H,16,20). The van der Waals surface area contributed by atoms with Gasteiger partial charge in [-0.1, -0.05) is 26.2 Å². The number of carbonyl (C=O) groups is 1. The van der Waals surface area contributed by atoms with E-state index in [1.54, 1.807) is 0 Å². The van der Waals surface area contributed by atoms with Gasteiger partial charge in [0, 0.05) is 19.5 Å². The van der Waals surface area contributed by atoms with Crippen LogP contribution < -0.4 is 0 Å². The summed E-state index contributed by atoms with van der Waals surface area (Å²) >= 11 is 5.22. The third-order valence-electron chi connectivity index (χ3n) is 4.12. The predicted molar refractivity (Wildman–Crippen MR) is 81.0 cm³/mol. The van der Waals surface area contributed by atoms with E-state index < -0.39 is 0 Å². The van der Waals surface area contributed by atoms with Gasteiger partial charge in [-0.3, -0.25) is 14.5 Å². The SMILES string of the molecule is CCCc1n[nH]c(=S)n1CC(=O)N(C)C1CCCCC1. The van der Waals surface area contributed by atoms with Crippen molar-refractivity contribution in [2.75, 3.05) is 7.05 Å². The summed E-state index contributed by atoms with van der Waals surface area (Å²) < 4.78 is 2.37. The Balaban J connectivity index is 2.03. The van der Waals surface area contributed by atoms with Gasteiger partial charge in [-0.25, -0.2) is 0 Å². The first kappa shape index (κ1) is 15.2. The highest BCUT2D eigenvalue weighted by Gasteiger charge is 2.22. The fourth-order valence-electron chi connectivity index (χ4n) is 2.85. The van der Waals surface area contributed by atoms with Crippen molar-refractivity contribution in [1.82, 2.24) is 19.7 Å². The quantitative estimate of drug-likeness (QED) is 0.850. The van der Waals surface area contributed by atoms with Crippen LogP contribution in [0.15, 0.2) is 0 Å². The zero-order valence-corrected chi connectivity index (χ0v) is 13.2. The van der Waals surface area contributed by atoms with Gasteiger partial charge in [-0.2, -0.15) is 5.10 Å². The minimum atomic E-state index is 0.131. The molecular weight excluding hydrogens is 272 g/mol. The van der Waals surface area contributed by atoms with Crippen molar-refractivity contribution in [3.63, 3.8) is 0 Å². The van der Waals surface area contributed by atoms with E-state index >= 15 is 0 Å². The lowest BCUT2D eigenvalue weighted by molar-refractivity contribution is -0.133. The molecule has 0 aliphatic heterocycles. The summed E-state index contributed by atoms with van der Waals surface area (Å²) in [4.78, 5) is 14.3. The number of nitrogens with one attached hydrogen (secondary N) is 1. The number of hydrogen-bond acceptors (Lipinski definition) is 3. The first-order chi connectivity index (χ1) is 9.63. The Morgan fingerprint density at radius 3 is 2.80 bits per heavy atom. The molecule has 1 aromatic rings. The van der Waals surface area contributed by atoms with Gasteiger partial charge in [0.05, 0.1) is 0 Å². The molecule has 112 valence electrons. The number of amides is 1. The molecule has 0 bridgehead atoms. The summed E-state index contributed by atoms with van der Waals surface area (Å²) in [5.41, 5.74) is 0. The van der Waals surface area contributed by atoms with Crippen LogP contribution in [0.25, 0.3) is 0 Å². The van der Waals surface area contributed by atoms with E-state index in [4.69, 9.17) is 12.2 Å². The molecule has 1 fully saturated rings. The summed E-state index contributed by atoms with van der Waals surface area (Å²) in [5, 5.41) is 7.00.